The minimum Gasteiger partial charge on any atom is -0.444 e. The molecule has 3 N–H and O–H groups in total. The maximum absolute atomic E-state index is 12.0. The molecule has 1 unspecified atom stereocenters. The van der Waals surface area contributed by atoms with Crippen LogP contribution in [0.4, 0.5) is 4.79 Å². The van der Waals surface area contributed by atoms with E-state index in [0.717, 1.165) is 31.8 Å². The van der Waals surface area contributed by atoms with Crippen LogP contribution in [0.15, 0.2) is 22.5 Å². The number of carbonyl (C=O) groups is 1. The fourth-order valence-electron chi connectivity index (χ4n) is 2.25. The molecule has 0 bridgehead atoms. The third-order valence-electron chi connectivity index (χ3n) is 3.34. The molecule has 7 heteroatoms. The lowest BCUT2D eigenvalue weighted by molar-refractivity contribution is 0.0502. The second-order valence-electron chi connectivity index (χ2n) is 6.84. The Morgan fingerprint density at radius 1 is 1.36 bits per heavy atom. The zero-order valence-electron chi connectivity index (χ0n) is 16.0. The molecule has 1 aromatic heterocycles. The lowest BCUT2D eigenvalue weighted by atomic mass is 10.1. The van der Waals surface area contributed by atoms with E-state index in [1.54, 1.807) is 18.4 Å². The molecular formula is C18H32N4O2S. The fourth-order valence-corrected chi connectivity index (χ4v) is 2.96. The minimum atomic E-state index is -0.492. The summed E-state index contributed by atoms with van der Waals surface area (Å²) in [6.45, 7) is 9.10. The van der Waals surface area contributed by atoms with Crippen molar-refractivity contribution in [1.29, 1.82) is 0 Å². The van der Waals surface area contributed by atoms with Crippen LogP contribution >= 0.6 is 11.3 Å². The highest BCUT2D eigenvalue weighted by molar-refractivity contribution is 7.09. The van der Waals surface area contributed by atoms with Crippen LogP contribution in [0, 0.1) is 0 Å². The van der Waals surface area contributed by atoms with Crippen molar-refractivity contribution in [3.8, 4) is 0 Å². The number of hydrogen-bond donors (Lipinski definition) is 3. The lowest BCUT2D eigenvalue weighted by Crippen LogP contribution is -2.48. The summed E-state index contributed by atoms with van der Waals surface area (Å²) >= 11 is 1.76. The molecule has 0 saturated carbocycles. The number of nitrogens with one attached hydrogen (secondary N) is 3. The number of alkyl carbamates (subject to hydrolysis) is 1. The van der Waals surface area contributed by atoms with Crippen molar-refractivity contribution in [3.63, 3.8) is 0 Å². The number of nitrogens with zero attached hydrogens (tertiary/aromatic N) is 1. The van der Waals surface area contributed by atoms with Gasteiger partial charge in [0.15, 0.2) is 5.96 Å². The van der Waals surface area contributed by atoms with E-state index in [1.807, 2.05) is 20.8 Å². The van der Waals surface area contributed by atoms with Crippen molar-refractivity contribution in [2.75, 3.05) is 20.1 Å². The molecule has 25 heavy (non-hydrogen) atoms. The lowest BCUT2D eigenvalue weighted by Gasteiger charge is -2.24. The Morgan fingerprint density at radius 2 is 2.12 bits per heavy atom. The summed E-state index contributed by atoms with van der Waals surface area (Å²) in [5, 5.41) is 11.6. The van der Waals surface area contributed by atoms with Gasteiger partial charge in [0.1, 0.15) is 5.60 Å². The summed E-state index contributed by atoms with van der Waals surface area (Å²) in [5.41, 5.74) is -0.492. The van der Waals surface area contributed by atoms with E-state index < -0.39 is 5.60 Å². The Balaban J connectivity index is 2.38. The van der Waals surface area contributed by atoms with Crippen molar-refractivity contribution >= 4 is 23.4 Å². The van der Waals surface area contributed by atoms with E-state index in [9.17, 15) is 4.79 Å². The van der Waals surface area contributed by atoms with E-state index in [0.29, 0.717) is 6.54 Å². The van der Waals surface area contributed by atoms with Crippen molar-refractivity contribution in [2.45, 2.75) is 58.6 Å². The summed E-state index contributed by atoms with van der Waals surface area (Å²) < 4.78 is 5.33. The summed E-state index contributed by atoms with van der Waals surface area (Å²) in [6.07, 6.45) is 2.44. The molecule has 0 aliphatic rings. The maximum Gasteiger partial charge on any atom is 0.407 e. The standard InChI is InChI=1S/C18H32N4O2S/c1-6-8-14(22-17(23)24-18(2,3)4)13-21-16(19-5)20-11-10-15-9-7-12-25-15/h7,9,12,14H,6,8,10-11,13H2,1-5H3,(H,22,23)(H2,19,20,21). The molecule has 0 saturated heterocycles. The zero-order valence-corrected chi connectivity index (χ0v) is 16.8. The molecule has 0 fully saturated rings. The average molecular weight is 369 g/mol. The van der Waals surface area contributed by atoms with E-state index in [4.69, 9.17) is 4.74 Å². The van der Waals surface area contributed by atoms with E-state index in [1.165, 1.54) is 4.88 Å². The largest absolute Gasteiger partial charge is 0.444 e. The van der Waals surface area contributed by atoms with Crippen molar-refractivity contribution in [1.82, 2.24) is 16.0 Å². The van der Waals surface area contributed by atoms with E-state index >= 15 is 0 Å². The van der Waals surface area contributed by atoms with Gasteiger partial charge < -0.3 is 20.7 Å². The molecule has 6 nitrogen and oxygen atoms in total. The van der Waals surface area contributed by atoms with Crippen molar-refractivity contribution in [2.24, 2.45) is 4.99 Å². The SMILES string of the molecule is CCCC(CNC(=NC)NCCc1cccs1)NC(=O)OC(C)(C)C. The van der Waals surface area contributed by atoms with Crippen LogP contribution in [-0.4, -0.2) is 43.8 Å². The Hall–Kier alpha value is -1.76. The molecule has 1 aromatic rings. The van der Waals surface area contributed by atoms with Gasteiger partial charge in [0.05, 0.1) is 0 Å². The molecule has 142 valence electrons. The highest BCUT2D eigenvalue weighted by atomic mass is 32.1. The molecule has 1 rings (SSSR count). The van der Waals surface area contributed by atoms with Crippen LogP contribution in [0.3, 0.4) is 0 Å². The highest BCUT2D eigenvalue weighted by Crippen LogP contribution is 2.08. The topological polar surface area (TPSA) is 74.8 Å². The van der Waals surface area contributed by atoms with Gasteiger partial charge in [0, 0.05) is 31.1 Å². The van der Waals surface area contributed by atoms with Crippen LogP contribution in [0.25, 0.3) is 0 Å². The average Bonchev–Trinajstić information content (AvgIpc) is 3.02. The molecular weight excluding hydrogens is 336 g/mol. The van der Waals surface area contributed by atoms with Gasteiger partial charge in [-0.05, 0) is 45.1 Å². The van der Waals surface area contributed by atoms with Gasteiger partial charge in [-0.3, -0.25) is 4.99 Å². The number of thiophene rings is 1. The molecule has 1 heterocycles. The highest BCUT2D eigenvalue weighted by Gasteiger charge is 2.19. The van der Waals surface area contributed by atoms with Gasteiger partial charge in [-0.15, -0.1) is 11.3 Å². The van der Waals surface area contributed by atoms with Crippen molar-refractivity contribution < 1.29 is 9.53 Å². The van der Waals surface area contributed by atoms with Crippen LogP contribution in [0.1, 0.15) is 45.4 Å². The molecule has 0 radical (unpaired) electrons. The third kappa shape index (κ3) is 9.96. The monoisotopic (exact) mass is 368 g/mol. The Morgan fingerprint density at radius 3 is 2.68 bits per heavy atom. The van der Waals surface area contributed by atoms with E-state index in [-0.39, 0.29) is 12.1 Å². The summed E-state index contributed by atoms with van der Waals surface area (Å²) in [6, 6.07) is 4.19. The second kappa shape index (κ2) is 11.0. The van der Waals surface area contributed by atoms with Crippen LogP contribution in [0.5, 0.6) is 0 Å². The van der Waals surface area contributed by atoms with Gasteiger partial charge in [0.2, 0.25) is 0 Å². The summed E-state index contributed by atoms with van der Waals surface area (Å²) in [7, 11) is 1.75. The number of rotatable bonds is 8. The number of carbonyl (C=O) groups excluding carboxylic acids is 1. The van der Waals surface area contributed by atoms with Crippen LogP contribution < -0.4 is 16.0 Å². The fraction of sp³-hybridized carbons (Fsp3) is 0.667. The number of guanidine groups is 1. The van der Waals surface area contributed by atoms with E-state index in [2.05, 4.69) is 45.4 Å². The number of hydrogen-bond acceptors (Lipinski definition) is 4. The number of aliphatic imine (C=N–C) groups is 1. The summed E-state index contributed by atoms with van der Waals surface area (Å²) in [5.74, 6) is 0.739. The predicted octanol–water partition coefficient (Wildman–Crippen LogP) is 3.15. The normalized spacial score (nSPS) is 13.2. The first-order chi connectivity index (χ1) is 11.8. The molecule has 0 aliphatic carbocycles. The Bertz CT molecular complexity index is 524. The zero-order chi connectivity index (χ0) is 18.7. The van der Waals surface area contributed by atoms with Gasteiger partial charge in [-0.25, -0.2) is 4.79 Å². The molecule has 0 spiro atoms. The van der Waals surface area contributed by atoms with Crippen molar-refractivity contribution in [3.05, 3.63) is 22.4 Å². The number of ether oxygens (including phenoxy) is 1. The quantitative estimate of drug-likeness (QED) is 0.487. The molecule has 0 aliphatic heterocycles. The first-order valence-electron chi connectivity index (χ1n) is 8.80. The second-order valence-corrected chi connectivity index (χ2v) is 7.87. The van der Waals surface area contributed by atoms with Crippen LogP contribution in [0.2, 0.25) is 0 Å². The maximum atomic E-state index is 12.0. The first-order valence-corrected chi connectivity index (χ1v) is 9.68. The van der Waals surface area contributed by atoms with Gasteiger partial charge in [-0.2, -0.15) is 0 Å². The first kappa shape index (κ1) is 21.3. The predicted molar refractivity (Wildman–Crippen MR) is 105 cm³/mol. The Labute approximate surface area is 155 Å². The van der Waals surface area contributed by atoms with Gasteiger partial charge in [-0.1, -0.05) is 19.4 Å². The van der Waals surface area contributed by atoms with Gasteiger partial charge >= 0.3 is 6.09 Å². The number of amides is 1. The molecule has 1 amide bonds. The molecule has 0 aromatic carbocycles. The smallest absolute Gasteiger partial charge is 0.407 e. The van der Waals surface area contributed by atoms with Crippen LogP contribution in [-0.2, 0) is 11.2 Å². The third-order valence-corrected chi connectivity index (χ3v) is 4.28. The minimum absolute atomic E-state index is 0.00399. The Kier molecular flexibility index (Phi) is 9.34. The summed E-state index contributed by atoms with van der Waals surface area (Å²) in [4.78, 5) is 17.5. The van der Waals surface area contributed by atoms with Gasteiger partial charge in [0.25, 0.3) is 0 Å². The molecule has 1 atom stereocenters.